The molecule has 1 aromatic rings. The van der Waals surface area contributed by atoms with Gasteiger partial charge < -0.3 is 5.32 Å². The molecule has 2 rings (SSSR count). The maximum Gasteiger partial charge on any atom is 0.433 e. The molecule has 0 unspecified atom stereocenters. The van der Waals surface area contributed by atoms with Gasteiger partial charge in [0.2, 0.25) is 10.0 Å². The van der Waals surface area contributed by atoms with Gasteiger partial charge in [-0.15, -0.1) is 0 Å². The van der Waals surface area contributed by atoms with Gasteiger partial charge in [0, 0.05) is 6.04 Å². The highest BCUT2D eigenvalue weighted by molar-refractivity contribution is 7.89. The van der Waals surface area contributed by atoms with Crippen LogP contribution in [0.25, 0.3) is 0 Å². The molecule has 0 aliphatic carbocycles. The summed E-state index contributed by atoms with van der Waals surface area (Å²) in [5.41, 5.74) is -1.26. The van der Waals surface area contributed by atoms with E-state index in [1.165, 1.54) is 6.92 Å². The topological polar surface area (TPSA) is 71.1 Å². The van der Waals surface area contributed by atoms with E-state index in [9.17, 15) is 21.6 Å². The Bertz CT molecular complexity index is 611. The SMILES string of the molecule is Cc1nc(C(F)(F)F)ccc1S(=O)(=O)NC1CCNCC1. The fourth-order valence-electron chi connectivity index (χ4n) is 2.21. The fraction of sp³-hybridized carbons (Fsp3) is 0.583. The van der Waals surface area contributed by atoms with Crippen LogP contribution in [-0.4, -0.2) is 32.5 Å². The summed E-state index contributed by atoms with van der Waals surface area (Å²) >= 11 is 0. The molecule has 0 bridgehead atoms. The third-order valence-electron chi connectivity index (χ3n) is 3.28. The molecular formula is C12H16F3N3O2S. The van der Waals surface area contributed by atoms with Crippen molar-refractivity contribution in [3.05, 3.63) is 23.5 Å². The third kappa shape index (κ3) is 3.92. The number of hydrogen-bond donors (Lipinski definition) is 2. The molecule has 0 amide bonds. The molecular weight excluding hydrogens is 307 g/mol. The first-order valence-electron chi connectivity index (χ1n) is 6.48. The van der Waals surface area contributed by atoms with Gasteiger partial charge in [-0.1, -0.05) is 0 Å². The van der Waals surface area contributed by atoms with Crippen LogP contribution in [0.5, 0.6) is 0 Å². The van der Waals surface area contributed by atoms with Crippen molar-refractivity contribution in [1.29, 1.82) is 0 Å². The fourth-order valence-corrected chi connectivity index (χ4v) is 3.70. The number of alkyl halides is 3. The molecule has 0 atom stereocenters. The minimum absolute atomic E-state index is 0.161. The van der Waals surface area contributed by atoms with Gasteiger partial charge in [0.25, 0.3) is 0 Å². The summed E-state index contributed by atoms with van der Waals surface area (Å²) in [6.07, 6.45) is -3.30. The summed E-state index contributed by atoms with van der Waals surface area (Å²) in [6, 6.07) is 1.43. The van der Waals surface area contributed by atoms with Crippen molar-refractivity contribution >= 4 is 10.0 Å². The highest BCUT2D eigenvalue weighted by atomic mass is 32.2. The normalized spacial score (nSPS) is 17.9. The van der Waals surface area contributed by atoms with Crippen molar-refractivity contribution in [1.82, 2.24) is 15.0 Å². The van der Waals surface area contributed by atoms with Gasteiger partial charge in [-0.05, 0) is 45.0 Å². The summed E-state index contributed by atoms with van der Waals surface area (Å²) < 4.78 is 64.6. The van der Waals surface area contributed by atoms with Crippen LogP contribution < -0.4 is 10.0 Å². The number of piperidine rings is 1. The van der Waals surface area contributed by atoms with E-state index in [-0.39, 0.29) is 16.6 Å². The molecule has 1 fully saturated rings. The van der Waals surface area contributed by atoms with Gasteiger partial charge in [0.1, 0.15) is 10.6 Å². The second-order valence-electron chi connectivity index (χ2n) is 4.92. The van der Waals surface area contributed by atoms with E-state index in [0.717, 1.165) is 6.07 Å². The summed E-state index contributed by atoms with van der Waals surface area (Å²) in [7, 11) is -3.86. The predicted octanol–water partition coefficient (Wildman–Crippen LogP) is 1.44. The van der Waals surface area contributed by atoms with Crippen LogP contribution in [0.3, 0.4) is 0 Å². The van der Waals surface area contributed by atoms with Crippen molar-refractivity contribution in [2.75, 3.05) is 13.1 Å². The Morgan fingerprint density at radius 2 is 1.90 bits per heavy atom. The molecule has 0 radical (unpaired) electrons. The van der Waals surface area contributed by atoms with E-state index in [1.54, 1.807) is 0 Å². The number of rotatable bonds is 3. The number of aryl methyl sites for hydroxylation is 1. The Labute approximate surface area is 121 Å². The van der Waals surface area contributed by atoms with E-state index in [4.69, 9.17) is 0 Å². The van der Waals surface area contributed by atoms with Gasteiger partial charge in [-0.2, -0.15) is 13.2 Å². The molecule has 5 nitrogen and oxygen atoms in total. The minimum atomic E-state index is -4.59. The zero-order valence-corrected chi connectivity index (χ0v) is 12.2. The van der Waals surface area contributed by atoms with E-state index in [0.29, 0.717) is 32.0 Å². The lowest BCUT2D eigenvalue weighted by Crippen LogP contribution is -2.42. The highest BCUT2D eigenvalue weighted by Gasteiger charge is 2.34. The maximum absolute atomic E-state index is 12.5. The summed E-state index contributed by atoms with van der Waals surface area (Å²) in [5, 5.41) is 3.10. The number of sulfonamides is 1. The number of pyridine rings is 1. The number of aromatic nitrogens is 1. The molecule has 0 saturated carbocycles. The van der Waals surface area contributed by atoms with Crippen molar-refractivity contribution in [2.45, 2.75) is 36.9 Å². The average molecular weight is 323 g/mol. The number of hydrogen-bond acceptors (Lipinski definition) is 4. The van der Waals surface area contributed by atoms with Crippen molar-refractivity contribution in [3.8, 4) is 0 Å². The lowest BCUT2D eigenvalue weighted by molar-refractivity contribution is -0.141. The Morgan fingerprint density at radius 1 is 1.29 bits per heavy atom. The molecule has 2 heterocycles. The van der Waals surface area contributed by atoms with E-state index >= 15 is 0 Å². The largest absolute Gasteiger partial charge is 0.433 e. The first kappa shape index (κ1) is 16.2. The van der Waals surface area contributed by atoms with E-state index in [1.807, 2.05) is 0 Å². The standard InChI is InChI=1S/C12H16F3N3O2S/c1-8-10(2-3-11(17-8)12(13,14)15)21(19,20)18-9-4-6-16-7-5-9/h2-3,9,16,18H,4-7H2,1H3. The summed E-state index contributed by atoms with van der Waals surface area (Å²) in [5.74, 6) is 0. The zero-order chi connectivity index (χ0) is 15.7. The van der Waals surface area contributed by atoms with Crippen molar-refractivity contribution < 1.29 is 21.6 Å². The lowest BCUT2D eigenvalue weighted by Gasteiger charge is -2.23. The Hall–Kier alpha value is -1.19. The quantitative estimate of drug-likeness (QED) is 0.883. The molecule has 21 heavy (non-hydrogen) atoms. The third-order valence-corrected chi connectivity index (χ3v) is 4.93. The second kappa shape index (κ2) is 5.90. The monoisotopic (exact) mass is 323 g/mol. The molecule has 1 saturated heterocycles. The summed E-state index contributed by atoms with van der Waals surface area (Å²) in [4.78, 5) is 3.13. The Morgan fingerprint density at radius 3 is 2.43 bits per heavy atom. The van der Waals surface area contributed by atoms with E-state index in [2.05, 4.69) is 15.0 Å². The molecule has 118 valence electrons. The molecule has 1 aliphatic heterocycles. The first-order valence-corrected chi connectivity index (χ1v) is 7.96. The molecule has 2 N–H and O–H groups in total. The molecule has 0 aromatic carbocycles. The van der Waals surface area contributed by atoms with Crippen LogP contribution in [0, 0.1) is 6.92 Å². The molecule has 1 aliphatic rings. The van der Waals surface area contributed by atoms with Crippen LogP contribution in [0.15, 0.2) is 17.0 Å². The zero-order valence-electron chi connectivity index (χ0n) is 11.4. The predicted molar refractivity (Wildman–Crippen MR) is 70.2 cm³/mol. The maximum atomic E-state index is 12.5. The second-order valence-corrected chi connectivity index (χ2v) is 6.61. The van der Waals surface area contributed by atoms with Gasteiger partial charge in [0.15, 0.2) is 0 Å². The summed E-state index contributed by atoms with van der Waals surface area (Å²) in [6.45, 7) is 2.67. The Balaban J connectivity index is 2.23. The van der Waals surface area contributed by atoms with E-state index < -0.39 is 21.9 Å². The highest BCUT2D eigenvalue weighted by Crippen LogP contribution is 2.29. The Kier molecular flexibility index (Phi) is 4.54. The molecule has 0 spiro atoms. The van der Waals surface area contributed by atoms with Gasteiger partial charge >= 0.3 is 6.18 Å². The van der Waals surface area contributed by atoms with Crippen molar-refractivity contribution in [3.63, 3.8) is 0 Å². The molecule has 9 heteroatoms. The molecule has 1 aromatic heterocycles. The van der Waals surface area contributed by atoms with Crippen LogP contribution in [0.4, 0.5) is 13.2 Å². The number of nitrogens with zero attached hydrogens (tertiary/aromatic N) is 1. The van der Waals surface area contributed by atoms with Crippen LogP contribution in [-0.2, 0) is 16.2 Å². The van der Waals surface area contributed by atoms with Gasteiger partial charge in [0.05, 0.1) is 5.69 Å². The average Bonchev–Trinajstić information content (AvgIpc) is 2.37. The minimum Gasteiger partial charge on any atom is -0.317 e. The van der Waals surface area contributed by atoms with Crippen LogP contribution in [0.2, 0.25) is 0 Å². The number of nitrogens with one attached hydrogen (secondary N) is 2. The van der Waals surface area contributed by atoms with Gasteiger partial charge in [-0.25, -0.2) is 18.1 Å². The number of halogens is 3. The first-order chi connectivity index (χ1) is 9.70. The van der Waals surface area contributed by atoms with Crippen LogP contribution in [0.1, 0.15) is 24.2 Å². The lowest BCUT2D eigenvalue weighted by atomic mass is 10.1. The van der Waals surface area contributed by atoms with Crippen LogP contribution >= 0.6 is 0 Å². The van der Waals surface area contributed by atoms with Crippen molar-refractivity contribution in [2.24, 2.45) is 0 Å². The smallest absolute Gasteiger partial charge is 0.317 e. The van der Waals surface area contributed by atoms with Gasteiger partial charge in [-0.3, -0.25) is 0 Å².